The number of rotatable bonds is 8. The summed E-state index contributed by atoms with van der Waals surface area (Å²) in [6, 6.07) is 1.69. The van der Waals surface area contributed by atoms with E-state index in [0.29, 0.717) is 36.2 Å². The highest BCUT2D eigenvalue weighted by Crippen LogP contribution is 2.37. The second-order valence-corrected chi connectivity index (χ2v) is 11.1. The Morgan fingerprint density at radius 1 is 1.14 bits per heavy atom. The standard InChI is InChI=1S/C18H21F5N4O.C7H11N3O2.C3H6/c19-17(20)4-1-12(2-5-17)7-14-11-27-15(26-14)8-13(10-25-27)9-24-16(28)3-6-18(21,22)23;1-4(2)5-6(7(11)8-3)10-12-9-5;1-2-3-1/h8,10-12H,1-7,9H2,(H,24,28);4H,1-3H3,(H,8,11);1-3H2. The van der Waals surface area contributed by atoms with Gasteiger partial charge in [0.1, 0.15) is 5.69 Å². The average molecular weight is 616 g/mol. The molecule has 0 unspecified atom stereocenters. The summed E-state index contributed by atoms with van der Waals surface area (Å²) >= 11 is 0. The van der Waals surface area contributed by atoms with Gasteiger partial charge in [0.15, 0.2) is 11.3 Å². The number of amides is 2. The van der Waals surface area contributed by atoms with Crippen molar-refractivity contribution in [2.75, 3.05) is 7.05 Å². The highest BCUT2D eigenvalue weighted by atomic mass is 19.4. The number of carbonyl (C=O) groups is 2. The second-order valence-electron chi connectivity index (χ2n) is 11.1. The average Bonchev–Trinajstić information content (AvgIpc) is 3.65. The molecule has 0 spiro atoms. The summed E-state index contributed by atoms with van der Waals surface area (Å²) in [5, 5.41) is 16.2. The van der Waals surface area contributed by atoms with Crippen molar-refractivity contribution in [2.45, 2.75) is 103 Å². The highest BCUT2D eigenvalue weighted by Gasteiger charge is 2.35. The van der Waals surface area contributed by atoms with Crippen molar-refractivity contribution in [3.05, 3.63) is 41.1 Å². The Labute approximate surface area is 246 Å². The van der Waals surface area contributed by atoms with Crippen LogP contribution in [0.15, 0.2) is 23.1 Å². The lowest BCUT2D eigenvalue weighted by Crippen LogP contribution is -2.25. The van der Waals surface area contributed by atoms with Gasteiger partial charge in [-0.1, -0.05) is 38.3 Å². The first-order chi connectivity index (χ1) is 20.3. The van der Waals surface area contributed by atoms with Crippen molar-refractivity contribution >= 4 is 17.5 Å². The number of imidazole rings is 1. The maximum atomic E-state index is 13.2. The molecule has 2 fully saturated rings. The zero-order valence-electron chi connectivity index (χ0n) is 24.5. The van der Waals surface area contributed by atoms with Crippen LogP contribution < -0.4 is 10.6 Å². The number of nitrogens with zero attached hydrogens (tertiary/aromatic N) is 5. The molecule has 0 radical (unpaired) electrons. The van der Waals surface area contributed by atoms with Crippen LogP contribution in [-0.2, 0) is 17.8 Å². The Kier molecular flexibility index (Phi) is 12.0. The normalized spacial score (nSPS) is 16.1. The van der Waals surface area contributed by atoms with Crippen LogP contribution in [0.5, 0.6) is 0 Å². The summed E-state index contributed by atoms with van der Waals surface area (Å²) in [4.78, 5) is 27.1. The van der Waals surface area contributed by atoms with E-state index in [1.165, 1.54) is 25.5 Å². The van der Waals surface area contributed by atoms with Crippen LogP contribution in [0.2, 0.25) is 0 Å². The number of alkyl halides is 5. The molecule has 43 heavy (non-hydrogen) atoms. The number of aromatic nitrogens is 5. The molecule has 2 saturated carbocycles. The summed E-state index contributed by atoms with van der Waals surface area (Å²) in [5.41, 5.74) is 2.77. The van der Waals surface area contributed by atoms with Crippen molar-refractivity contribution in [3.8, 4) is 0 Å². The van der Waals surface area contributed by atoms with Crippen LogP contribution in [0.3, 0.4) is 0 Å². The Balaban J connectivity index is 0.000000277. The van der Waals surface area contributed by atoms with Gasteiger partial charge in [-0.3, -0.25) is 9.59 Å². The van der Waals surface area contributed by atoms with Gasteiger partial charge in [0.05, 0.1) is 24.5 Å². The lowest BCUT2D eigenvalue weighted by Gasteiger charge is -2.27. The molecule has 2 aliphatic rings. The molecule has 15 heteroatoms. The monoisotopic (exact) mass is 615 g/mol. The van der Waals surface area contributed by atoms with Crippen LogP contribution in [0.4, 0.5) is 22.0 Å². The van der Waals surface area contributed by atoms with Gasteiger partial charge in [-0.25, -0.2) is 22.9 Å². The molecular formula is C28H38F5N7O3. The number of carbonyl (C=O) groups excluding carboxylic acids is 2. The number of fused-ring (bicyclic) bond motifs is 1. The number of hydrogen-bond donors (Lipinski definition) is 2. The molecule has 10 nitrogen and oxygen atoms in total. The van der Waals surface area contributed by atoms with E-state index in [4.69, 9.17) is 0 Å². The summed E-state index contributed by atoms with van der Waals surface area (Å²) < 4.78 is 68.9. The van der Waals surface area contributed by atoms with Crippen molar-refractivity contribution in [3.63, 3.8) is 0 Å². The fourth-order valence-corrected chi connectivity index (χ4v) is 4.15. The molecule has 0 aliphatic heterocycles. The van der Waals surface area contributed by atoms with Crippen LogP contribution in [0.25, 0.3) is 5.65 Å². The molecule has 2 amide bonds. The molecule has 5 rings (SSSR count). The molecule has 2 aliphatic carbocycles. The molecule has 0 bridgehead atoms. The van der Waals surface area contributed by atoms with E-state index >= 15 is 0 Å². The van der Waals surface area contributed by atoms with E-state index in [1.54, 1.807) is 23.8 Å². The second kappa shape index (κ2) is 15.2. The van der Waals surface area contributed by atoms with Gasteiger partial charge in [-0.05, 0) is 42.0 Å². The minimum absolute atomic E-state index is 0.0556. The molecule has 0 aromatic carbocycles. The Morgan fingerprint density at radius 2 is 1.81 bits per heavy atom. The molecule has 2 N–H and O–H groups in total. The Hall–Kier alpha value is -3.65. The lowest BCUT2D eigenvalue weighted by molar-refractivity contribution is -0.144. The first-order valence-corrected chi connectivity index (χ1v) is 14.4. The van der Waals surface area contributed by atoms with Gasteiger partial charge in [0, 0.05) is 38.8 Å². The summed E-state index contributed by atoms with van der Waals surface area (Å²) in [6.45, 7) is 3.90. The lowest BCUT2D eigenvalue weighted by atomic mass is 9.84. The molecule has 238 valence electrons. The van der Waals surface area contributed by atoms with Crippen LogP contribution in [-0.4, -0.2) is 55.9 Å². The van der Waals surface area contributed by atoms with Crippen molar-refractivity contribution in [2.24, 2.45) is 5.92 Å². The van der Waals surface area contributed by atoms with E-state index in [1.807, 2.05) is 13.8 Å². The predicted molar refractivity (Wildman–Crippen MR) is 146 cm³/mol. The number of halogens is 5. The van der Waals surface area contributed by atoms with Gasteiger partial charge in [-0.2, -0.15) is 18.3 Å². The van der Waals surface area contributed by atoms with Gasteiger partial charge < -0.3 is 10.6 Å². The molecule has 0 atom stereocenters. The maximum Gasteiger partial charge on any atom is 0.389 e. The predicted octanol–water partition coefficient (Wildman–Crippen LogP) is 5.78. The van der Waals surface area contributed by atoms with E-state index in [0.717, 1.165) is 5.69 Å². The first-order valence-electron chi connectivity index (χ1n) is 14.4. The summed E-state index contributed by atoms with van der Waals surface area (Å²) in [6.07, 6.45) is 2.94. The Morgan fingerprint density at radius 3 is 2.40 bits per heavy atom. The van der Waals surface area contributed by atoms with Gasteiger partial charge in [0.2, 0.25) is 11.8 Å². The maximum absolute atomic E-state index is 13.2. The minimum atomic E-state index is -4.36. The fourth-order valence-electron chi connectivity index (χ4n) is 4.15. The van der Waals surface area contributed by atoms with Crippen molar-refractivity contribution < 1.29 is 36.2 Å². The number of hydrogen-bond acceptors (Lipinski definition) is 7. The molecule has 3 aromatic rings. The largest absolute Gasteiger partial charge is 0.389 e. The van der Waals surface area contributed by atoms with E-state index in [9.17, 15) is 31.5 Å². The SMILES string of the molecule is C1CC1.CNC(=O)c1nonc1C(C)C.O=C(CCC(F)(F)F)NCc1cnn2cc(CC3CCC(F)(F)CC3)nc2c1. The molecule has 3 aromatic heterocycles. The third kappa shape index (κ3) is 11.9. The van der Waals surface area contributed by atoms with Crippen molar-refractivity contribution in [1.82, 2.24) is 35.5 Å². The summed E-state index contributed by atoms with van der Waals surface area (Å²) in [5.74, 6) is -3.20. The zero-order chi connectivity index (χ0) is 31.6. The van der Waals surface area contributed by atoms with Crippen LogP contribution >= 0.6 is 0 Å². The molecular weight excluding hydrogens is 577 g/mol. The quantitative estimate of drug-likeness (QED) is 0.308. The Bertz CT molecular complexity index is 1320. The first kappa shape index (κ1) is 33.8. The van der Waals surface area contributed by atoms with E-state index in [2.05, 4.69) is 35.7 Å². The smallest absolute Gasteiger partial charge is 0.354 e. The zero-order valence-corrected chi connectivity index (χ0v) is 24.5. The van der Waals surface area contributed by atoms with E-state index in [-0.39, 0.29) is 42.8 Å². The topological polar surface area (TPSA) is 127 Å². The van der Waals surface area contributed by atoms with E-state index < -0.39 is 30.8 Å². The van der Waals surface area contributed by atoms with Crippen LogP contribution in [0, 0.1) is 5.92 Å². The fraction of sp³-hybridized carbons (Fsp3) is 0.643. The van der Waals surface area contributed by atoms with Gasteiger partial charge in [-0.15, -0.1) is 0 Å². The third-order valence-electron chi connectivity index (χ3n) is 6.74. The van der Waals surface area contributed by atoms with Crippen LogP contribution in [0.1, 0.15) is 105 Å². The van der Waals surface area contributed by atoms with Crippen molar-refractivity contribution in [1.29, 1.82) is 0 Å². The van der Waals surface area contributed by atoms with Gasteiger partial charge in [0.25, 0.3) is 5.91 Å². The molecule has 0 saturated heterocycles. The summed E-state index contributed by atoms with van der Waals surface area (Å²) in [7, 11) is 1.54. The minimum Gasteiger partial charge on any atom is -0.354 e. The van der Waals surface area contributed by atoms with Gasteiger partial charge >= 0.3 is 6.18 Å². The molecule has 3 heterocycles. The third-order valence-corrected chi connectivity index (χ3v) is 6.74. The highest BCUT2D eigenvalue weighted by molar-refractivity contribution is 5.92. The number of nitrogens with one attached hydrogen (secondary N) is 2.